The van der Waals surface area contributed by atoms with Crippen molar-refractivity contribution in [1.29, 1.82) is 0 Å². The fourth-order valence-corrected chi connectivity index (χ4v) is 2.32. The number of aromatic nitrogens is 3. The Morgan fingerprint density at radius 3 is 2.85 bits per heavy atom. The Kier molecular flexibility index (Phi) is 2.45. The molecule has 1 aliphatic heterocycles. The molecular formula is C16H11N3O. The second-order valence-corrected chi connectivity index (χ2v) is 4.59. The van der Waals surface area contributed by atoms with E-state index in [4.69, 9.17) is 9.72 Å². The molecule has 0 atom stereocenters. The Hall–Kier alpha value is -2.75. The average Bonchev–Trinajstić information content (AvgIpc) is 2.55. The van der Waals surface area contributed by atoms with Crippen LogP contribution in [0.5, 0.6) is 5.75 Å². The highest BCUT2D eigenvalue weighted by molar-refractivity contribution is 5.73. The van der Waals surface area contributed by atoms with Gasteiger partial charge in [-0.3, -0.25) is 4.98 Å². The molecule has 96 valence electrons. The van der Waals surface area contributed by atoms with E-state index in [0.717, 1.165) is 28.1 Å². The highest BCUT2D eigenvalue weighted by Gasteiger charge is 2.19. The monoisotopic (exact) mass is 261 g/mol. The Morgan fingerprint density at radius 1 is 1.00 bits per heavy atom. The van der Waals surface area contributed by atoms with E-state index in [1.807, 2.05) is 42.6 Å². The molecule has 3 heterocycles. The summed E-state index contributed by atoms with van der Waals surface area (Å²) in [6.45, 7) is 0.514. The van der Waals surface area contributed by atoms with E-state index in [-0.39, 0.29) is 0 Å². The lowest BCUT2D eigenvalue weighted by Crippen LogP contribution is -2.08. The first-order chi connectivity index (χ1) is 9.92. The number of rotatable bonds is 1. The Balaban J connectivity index is 1.90. The van der Waals surface area contributed by atoms with Crippen LogP contribution in [0, 0.1) is 0 Å². The van der Waals surface area contributed by atoms with Gasteiger partial charge in [-0.15, -0.1) is 0 Å². The molecule has 0 N–H and O–H groups in total. The molecule has 0 fully saturated rings. The SMILES string of the molecule is c1cncc(-c2ncc3c(n2)-c2ccccc2OC3)c1. The first kappa shape index (κ1) is 11.1. The van der Waals surface area contributed by atoms with Crippen molar-refractivity contribution in [3.8, 4) is 28.4 Å². The molecule has 0 saturated heterocycles. The maximum Gasteiger partial charge on any atom is 0.161 e. The van der Waals surface area contributed by atoms with Crippen LogP contribution in [0.4, 0.5) is 0 Å². The third-order valence-electron chi connectivity index (χ3n) is 3.31. The number of benzene rings is 1. The van der Waals surface area contributed by atoms with E-state index in [1.165, 1.54) is 0 Å². The Bertz CT molecular complexity index is 772. The minimum absolute atomic E-state index is 0.514. The van der Waals surface area contributed by atoms with Crippen molar-refractivity contribution in [2.24, 2.45) is 0 Å². The summed E-state index contributed by atoms with van der Waals surface area (Å²) in [5.74, 6) is 1.56. The molecule has 20 heavy (non-hydrogen) atoms. The molecule has 4 nitrogen and oxygen atoms in total. The summed E-state index contributed by atoms with van der Waals surface area (Å²) >= 11 is 0. The van der Waals surface area contributed by atoms with Gasteiger partial charge in [-0.2, -0.15) is 0 Å². The highest BCUT2D eigenvalue weighted by Crippen LogP contribution is 2.36. The topological polar surface area (TPSA) is 47.9 Å². The van der Waals surface area contributed by atoms with Crippen molar-refractivity contribution in [2.45, 2.75) is 6.61 Å². The molecule has 4 heteroatoms. The summed E-state index contributed by atoms with van der Waals surface area (Å²) in [5, 5.41) is 0. The van der Waals surface area contributed by atoms with Crippen molar-refractivity contribution in [3.05, 3.63) is 60.6 Å². The number of hydrogen-bond donors (Lipinski definition) is 0. The summed E-state index contributed by atoms with van der Waals surface area (Å²) in [5.41, 5.74) is 3.89. The van der Waals surface area contributed by atoms with Gasteiger partial charge in [0.2, 0.25) is 0 Å². The van der Waals surface area contributed by atoms with Crippen LogP contribution in [-0.4, -0.2) is 15.0 Å². The zero-order valence-electron chi connectivity index (χ0n) is 10.7. The summed E-state index contributed by atoms with van der Waals surface area (Å²) in [6, 6.07) is 11.8. The predicted molar refractivity (Wildman–Crippen MR) is 75.0 cm³/mol. The first-order valence-corrected chi connectivity index (χ1v) is 6.40. The number of ether oxygens (including phenoxy) is 1. The number of hydrogen-bond acceptors (Lipinski definition) is 4. The molecule has 1 aromatic carbocycles. The molecule has 3 aromatic rings. The van der Waals surface area contributed by atoms with Crippen LogP contribution in [0.3, 0.4) is 0 Å². The second kappa shape index (κ2) is 4.42. The van der Waals surface area contributed by atoms with Crippen molar-refractivity contribution in [1.82, 2.24) is 15.0 Å². The maximum absolute atomic E-state index is 5.70. The summed E-state index contributed by atoms with van der Waals surface area (Å²) in [4.78, 5) is 13.2. The van der Waals surface area contributed by atoms with Crippen LogP contribution in [-0.2, 0) is 6.61 Å². The van der Waals surface area contributed by atoms with Crippen molar-refractivity contribution in [2.75, 3.05) is 0 Å². The fourth-order valence-electron chi connectivity index (χ4n) is 2.32. The van der Waals surface area contributed by atoms with E-state index in [2.05, 4.69) is 9.97 Å². The molecule has 0 aliphatic carbocycles. The van der Waals surface area contributed by atoms with E-state index in [9.17, 15) is 0 Å². The second-order valence-electron chi connectivity index (χ2n) is 4.59. The number of para-hydroxylation sites is 1. The molecule has 1 aliphatic rings. The van der Waals surface area contributed by atoms with Crippen LogP contribution in [0.15, 0.2) is 55.0 Å². The Morgan fingerprint density at radius 2 is 1.95 bits per heavy atom. The van der Waals surface area contributed by atoms with Crippen molar-refractivity contribution in [3.63, 3.8) is 0 Å². The third-order valence-corrected chi connectivity index (χ3v) is 3.31. The zero-order valence-corrected chi connectivity index (χ0v) is 10.7. The van der Waals surface area contributed by atoms with Crippen molar-refractivity contribution >= 4 is 0 Å². The molecule has 0 bridgehead atoms. The smallest absolute Gasteiger partial charge is 0.161 e. The van der Waals surface area contributed by atoms with E-state index >= 15 is 0 Å². The molecular weight excluding hydrogens is 250 g/mol. The van der Waals surface area contributed by atoms with Gasteiger partial charge in [0, 0.05) is 35.3 Å². The van der Waals surface area contributed by atoms with Crippen LogP contribution in [0.1, 0.15) is 5.56 Å². The average molecular weight is 261 g/mol. The number of fused-ring (bicyclic) bond motifs is 3. The number of nitrogens with zero attached hydrogens (tertiary/aromatic N) is 3. The Labute approximate surface area is 116 Å². The lowest BCUT2D eigenvalue weighted by atomic mass is 10.0. The minimum Gasteiger partial charge on any atom is -0.488 e. The van der Waals surface area contributed by atoms with Crippen LogP contribution >= 0.6 is 0 Å². The molecule has 0 unspecified atom stereocenters. The maximum atomic E-state index is 5.70. The van der Waals surface area contributed by atoms with Crippen LogP contribution in [0.2, 0.25) is 0 Å². The molecule has 4 rings (SSSR count). The van der Waals surface area contributed by atoms with Gasteiger partial charge in [0.25, 0.3) is 0 Å². The van der Waals surface area contributed by atoms with Gasteiger partial charge in [-0.25, -0.2) is 9.97 Å². The normalized spacial score (nSPS) is 12.2. The van der Waals surface area contributed by atoms with E-state index in [0.29, 0.717) is 12.4 Å². The molecule has 0 spiro atoms. The van der Waals surface area contributed by atoms with Gasteiger partial charge in [-0.05, 0) is 24.3 Å². The first-order valence-electron chi connectivity index (χ1n) is 6.40. The fraction of sp³-hybridized carbons (Fsp3) is 0.0625. The van der Waals surface area contributed by atoms with Crippen LogP contribution in [0.25, 0.3) is 22.6 Å². The minimum atomic E-state index is 0.514. The molecule has 0 saturated carbocycles. The number of pyridine rings is 1. The van der Waals surface area contributed by atoms with Crippen LogP contribution < -0.4 is 4.74 Å². The third kappa shape index (κ3) is 1.73. The highest BCUT2D eigenvalue weighted by atomic mass is 16.5. The summed E-state index contributed by atoms with van der Waals surface area (Å²) in [7, 11) is 0. The molecule has 0 radical (unpaired) electrons. The quantitative estimate of drug-likeness (QED) is 0.675. The van der Waals surface area contributed by atoms with Crippen molar-refractivity contribution < 1.29 is 4.74 Å². The van der Waals surface area contributed by atoms with Gasteiger partial charge in [-0.1, -0.05) is 12.1 Å². The van der Waals surface area contributed by atoms with E-state index < -0.39 is 0 Å². The summed E-state index contributed by atoms with van der Waals surface area (Å²) < 4.78 is 5.70. The lowest BCUT2D eigenvalue weighted by Gasteiger charge is -2.19. The van der Waals surface area contributed by atoms with Gasteiger partial charge in [0.15, 0.2) is 5.82 Å². The van der Waals surface area contributed by atoms with Gasteiger partial charge in [0.1, 0.15) is 12.4 Å². The van der Waals surface area contributed by atoms with Gasteiger partial charge < -0.3 is 4.74 Å². The standard InChI is InChI=1S/C16H11N3O/c1-2-6-14-13(5-1)15-12(10-20-14)9-18-16(19-15)11-4-3-7-17-8-11/h1-9H,10H2. The van der Waals surface area contributed by atoms with E-state index in [1.54, 1.807) is 12.4 Å². The summed E-state index contributed by atoms with van der Waals surface area (Å²) in [6.07, 6.45) is 5.35. The largest absolute Gasteiger partial charge is 0.488 e. The lowest BCUT2D eigenvalue weighted by molar-refractivity contribution is 0.301. The van der Waals surface area contributed by atoms with Gasteiger partial charge >= 0.3 is 0 Å². The molecule has 2 aromatic heterocycles. The predicted octanol–water partition coefficient (Wildman–Crippen LogP) is 3.10. The molecule has 0 amide bonds. The zero-order chi connectivity index (χ0) is 13.4. The van der Waals surface area contributed by atoms with Gasteiger partial charge in [0.05, 0.1) is 5.69 Å².